The Kier molecular flexibility index (Phi) is 34.0. The van der Waals surface area contributed by atoms with Crippen LogP contribution in [-0.4, -0.2) is 12.5 Å². The first kappa shape index (κ1) is 27.5. The van der Waals surface area contributed by atoms with Gasteiger partial charge in [0.2, 0.25) is 5.91 Å². The van der Waals surface area contributed by atoms with Crippen LogP contribution in [0.15, 0.2) is 36.4 Å². The molecular weight excluding hydrogens is 294 g/mol. The zero-order valence-corrected chi connectivity index (χ0v) is 17.2. The number of carbonyl (C=O) groups excluding carboxylic acids is 1. The van der Waals surface area contributed by atoms with E-state index in [-0.39, 0.29) is 5.91 Å². The molecule has 24 heavy (non-hydrogen) atoms. The van der Waals surface area contributed by atoms with Crippen LogP contribution in [0.5, 0.6) is 0 Å². The summed E-state index contributed by atoms with van der Waals surface area (Å²) in [6.45, 7) is 12.9. The van der Waals surface area contributed by atoms with Crippen molar-refractivity contribution in [1.29, 1.82) is 0 Å². The molecule has 2 fully saturated rings. The average Bonchev–Trinajstić information content (AvgIpc) is 3.21. The van der Waals surface area contributed by atoms with Gasteiger partial charge in [0.15, 0.2) is 0 Å². The molecular formula is C22H43NO. The Morgan fingerprint density at radius 3 is 1.00 bits per heavy atom. The standard InChI is InChI=1S/C6H12.C6H6.C4H7NO.3C2H6/c2*1-2-4-6-5-3-1;6-4-2-1-3-5-4;3*1-2/h1-6H2;1-6H;1-3H2,(H,5,6);3*1-2H3. The fourth-order valence-electron chi connectivity index (χ4n) is 2.01. The maximum Gasteiger partial charge on any atom is 0.220 e. The van der Waals surface area contributed by atoms with Gasteiger partial charge in [0.05, 0.1) is 0 Å². The van der Waals surface area contributed by atoms with Crippen LogP contribution < -0.4 is 5.32 Å². The van der Waals surface area contributed by atoms with Crippen molar-refractivity contribution >= 4 is 5.91 Å². The summed E-state index contributed by atoms with van der Waals surface area (Å²) in [6.07, 6.45) is 10.8. The number of hydrogen-bond donors (Lipinski definition) is 1. The van der Waals surface area contributed by atoms with Gasteiger partial charge in [0.25, 0.3) is 0 Å². The number of rotatable bonds is 0. The van der Waals surface area contributed by atoms with Crippen molar-refractivity contribution in [3.8, 4) is 0 Å². The van der Waals surface area contributed by atoms with E-state index in [1.54, 1.807) is 0 Å². The van der Waals surface area contributed by atoms with Gasteiger partial charge in [-0.1, -0.05) is 116 Å². The number of hydrogen-bond acceptors (Lipinski definition) is 1. The van der Waals surface area contributed by atoms with Crippen LogP contribution in [0.2, 0.25) is 0 Å². The fraction of sp³-hybridized carbons (Fsp3) is 0.682. The van der Waals surface area contributed by atoms with E-state index in [2.05, 4.69) is 5.32 Å². The average molecular weight is 338 g/mol. The lowest BCUT2D eigenvalue weighted by molar-refractivity contribution is -0.119. The SMILES string of the molecule is C1CCCCC1.CC.CC.CC.O=C1CCCN1.c1ccccc1. The molecule has 1 aromatic carbocycles. The lowest BCUT2D eigenvalue weighted by atomic mass is 10.0. The summed E-state index contributed by atoms with van der Waals surface area (Å²) in [5.41, 5.74) is 0. The van der Waals surface area contributed by atoms with E-state index in [9.17, 15) is 4.79 Å². The Bertz CT molecular complexity index is 248. The van der Waals surface area contributed by atoms with Crippen molar-refractivity contribution in [2.45, 2.75) is 92.9 Å². The molecule has 3 rings (SSSR count). The van der Waals surface area contributed by atoms with Crippen molar-refractivity contribution in [2.24, 2.45) is 0 Å². The second-order valence-electron chi connectivity index (χ2n) is 4.73. The third kappa shape index (κ3) is 25.6. The highest BCUT2D eigenvalue weighted by Crippen LogP contribution is 2.15. The second-order valence-corrected chi connectivity index (χ2v) is 4.73. The van der Waals surface area contributed by atoms with Gasteiger partial charge in [-0.2, -0.15) is 0 Å². The molecule has 1 saturated heterocycles. The zero-order valence-electron chi connectivity index (χ0n) is 17.2. The summed E-state index contributed by atoms with van der Waals surface area (Å²) in [5.74, 6) is 0.204. The molecule has 1 aliphatic carbocycles. The largest absolute Gasteiger partial charge is 0.356 e. The van der Waals surface area contributed by atoms with Gasteiger partial charge in [0.1, 0.15) is 0 Å². The number of benzene rings is 1. The summed E-state index contributed by atoms with van der Waals surface area (Å²) < 4.78 is 0. The maximum absolute atomic E-state index is 10.1. The molecule has 1 aliphatic heterocycles. The molecule has 1 saturated carbocycles. The third-order valence-electron chi connectivity index (χ3n) is 3.07. The van der Waals surface area contributed by atoms with Crippen LogP contribution >= 0.6 is 0 Å². The highest BCUT2D eigenvalue weighted by Gasteiger charge is 2.05. The molecule has 2 aliphatic rings. The molecule has 0 aromatic heterocycles. The van der Waals surface area contributed by atoms with Crippen molar-refractivity contribution in [3.63, 3.8) is 0 Å². The summed E-state index contributed by atoms with van der Waals surface area (Å²) >= 11 is 0. The third-order valence-corrected chi connectivity index (χ3v) is 3.07. The van der Waals surface area contributed by atoms with E-state index in [0.717, 1.165) is 19.4 Å². The topological polar surface area (TPSA) is 29.1 Å². The Morgan fingerprint density at radius 1 is 0.583 bits per heavy atom. The molecule has 1 aromatic rings. The van der Waals surface area contributed by atoms with Gasteiger partial charge in [-0.15, -0.1) is 0 Å². The molecule has 1 amide bonds. The maximum atomic E-state index is 10.1. The van der Waals surface area contributed by atoms with Crippen molar-refractivity contribution < 1.29 is 4.79 Å². The molecule has 2 nitrogen and oxygen atoms in total. The minimum absolute atomic E-state index is 0.204. The van der Waals surface area contributed by atoms with E-state index >= 15 is 0 Å². The van der Waals surface area contributed by atoms with E-state index in [0.29, 0.717) is 0 Å². The Balaban J connectivity index is -0.000000239. The molecule has 142 valence electrons. The summed E-state index contributed by atoms with van der Waals surface area (Å²) in [7, 11) is 0. The zero-order chi connectivity index (χ0) is 18.9. The van der Waals surface area contributed by atoms with E-state index in [4.69, 9.17) is 0 Å². The molecule has 0 bridgehead atoms. The van der Waals surface area contributed by atoms with Gasteiger partial charge in [-0.25, -0.2) is 0 Å². The number of carbonyl (C=O) groups is 1. The van der Waals surface area contributed by atoms with Crippen molar-refractivity contribution in [3.05, 3.63) is 36.4 Å². The van der Waals surface area contributed by atoms with Gasteiger partial charge >= 0.3 is 0 Å². The van der Waals surface area contributed by atoms with Crippen LogP contribution in [0.1, 0.15) is 92.9 Å². The van der Waals surface area contributed by atoms with E-state index in [1.165, 1.54) is 38.5 Å². The molecule has 0 radical (unpaired) electrons. The molecule has 0 unspecified atom stereocenters. The first-order valence-electron chi connectivity index (χ1n) is 10.2. The van der Waals surface area contributed by atoms with Gasteiger partial charge in [-0.05, 0) is 6.42 Å². The normalized spacial score (nSPS) is 14.0. The molecule has 0 spiro atoms. The minimum atomic E-state index is 0.204. The second kappa shape index (κ2) is 29.7. The molecule has 2 heteroatoms. The Morgan fingerprint density at radius 2 is 0.875 bits per heavy atom. The van der Waals surface area contributed by atoms with Crippen LogP contribution in [-0.2, 0) is 4.79 Å². The summed E-state index contributed by atoms with van der Waals surface area (Å²) in [4.78, 5) is 10.1. The van der Waals surface area contributed by atoms with Gasteiger partial charge in [-0.3, -0.25) is 4.79 Å². The first-order valence-corrected chi connectivity index (χ1v) is 10.2. The van der Waals surface area contributed by atoms with E-state index < -0.39 is 0 Å². The van der Waals surface area contributed by atoms with Crippen molar-refractivity contribution in [2.75, 3.05) is 6.54 Å². The predicted molar refractivity (Wildman–Crippen MR) is 110 cm³/mol. The lowest BCUT2D eigenvalue weighted by Gasteiger charge is -2.05. The van der Waals surface area contributed by atoms with Crippen LogP contribution in [0.3, 0.4) is 0 Å². The van der Waals surface area contributed by atoms with Crippen molar-refractivity contribution in [1.82, 2.24) is 5.32 Å². The molecule has 0 atom stereocenters. The van der Waals surface area contributed by atoms with Crippen LogP contribution in [0.4, 0.5) is 0 Å². The monoisotopic (exact) mass is 337 g/mol. The summed E-state index contributed by atoms with van der Waals surface area (Å²) in [6, 6.07) is 12.0. The summed E-state index contributed by atoms with van der Waals surface area (Å²) in [5, 5.41) is 2.68. The predicted octanol–water partition coefficient (Wildman–Crippen LogP) is 7.00. The van der Waals surface area contributed by atoms with Gasteiger partial charge < -0.3 is 5.32 Å². The number of amides is 1. The minimum Gasteiger partial charge on any atom is -0.356 e. The van der Waals surface area contributed by atoms with Crippen LogP contribution in [0, 0.1) is 0 Å². The highest BCUT2D eigenvalue weighted by atomic mass is 16.1. The quantitative estimate of drug-likeness (QED) is 0.542. The van der Waals surface area contributed by atoms with Crippen LogP contribution in [0.25, 0.3) is 0 Å². The molecule has 1 N–H and O–H groups in total. The first-order chi connectivity index (χ1) is 11.9. The number of nitrogens with one attached hydrogen (secondary N) is 1. The molecule has 1 heterocycles. The Hall–Kier alpha value is -1.31. The van der Waals surface area contributed by atoms with E-state index in [1.807, 2.05) is 77.9 Å². The smallest absolute Gasteiger partial charge is 0.220 e. The Labute approximate surface area is 152 Å². The lowest BCUT2D eigenvalue weighted by Crippen LogP contribution is -2.12. The van der Waals surface area contributed by atoms with Gasteiger partial charge in [0, 0.05) is 13.0 Å². The highest BCUT2D eigenvalue weighted by molar-refractivity contribution is 5.77. The fourth-order valence-corrected chi connectivity index (χ4v) is 2.01.